The van der Waals surface area contributed by atoms with Crippen molar-refractivity contribution in [3.63, 3.8) is 0 Å². The molecule has 4 fully saturated rings. The maximum atomic E-state index is 13.6. The third-order valence-electron chi connectivity index (χ3n) is 10.5. The summed E-state index contributed by atoms with van der Waals surface area (Å²) in [6, 6.07) is 18.2. The zero-order chi connectivity index (χ0) is 29.3. The topological polar surface area (TPSA) is 107 Å². The number of aryl methyl sites for hydroxylation is 1. The minimum Gasteiger partial charge on any atom is -0.477 e. The highest BCUT2D eigenvalue weighted by Gasteiger charge is 2.55. The Morgan fingerprint density at radius 2 is 1.72 bits per heavy atom. The van der Waals surface area contributed by atoms with Crippen molar-refractivity contribution in [2.24, 2.45) is 10.8 Å². The van der Waals surface area contributed by atoms with Gasteiger partial charge in [-0.05, 0) is 67.9 Å². The highest BCUT2D eigenvalue weighted by atomic mass is 16.4. The Morgan fingerprint density at radius 1 is 0.907 bits per heavy atom. The summed E-state index contributed by atoms with van der Waals surface area (Å²) in [6.07, 6.45) is 6.37. The molecule has 3 aliphatic heterocycles. The van der Waals surface area contributed by atoms with Crippen LogP contribution in [0.25, 0.3) is 5.65 Å². The number of hydrogen-bond donors (Lipinski definition) is 1. The fourth-order valence-electron chi connectivity index (χ4n) is 8.00. The van der Waals surface area contributed by atoms with Gasteiger partial charge in [-0.2, -0.15) is 0 Å². The van der Waals surface area contributed by atoms with Crippen molar-refractivity contribution in [2.75, 3.05) is 49.1 Å². The largest absolute Gasteiger partial charge is 0.477 e. The molecule has 4 aromatic rings. The molecule has 10 nitrogen and oxygen atoms in total. The van der Waals surface area contributed by atoms with Gasteiger partial charge in [0.25, 0.3) is 5.91 Å². The van der Waals surface area contributed by atoms with Crippen LogP contribution < -0.4 is 9.80 Å². The first kappa shape index (κ1) is 26.2. The molecule has 3 aromatic heterocycles. The molecule has 43 heavy (non-hydrogen) atoms. The highest BCUT2D eigenvalue weighted by Crippen LogP contribution is 2.58. The van der Waals surface area contributed by atoms with E-state index >= 15 is 0 Å². The molecule has 1 aliphatic carbocycles. The van der Waals surface area contributed by atoms with E-state index in [1.165, 1.54) is 24.5 Å². The van der Waals surface area contributed by atoms with Crippen LogP contribution >= 0.6 is 0 Å². The Labute approximate surface area is 250 Å². The number of nitrogens with zero attached hydrogens (tertiary/aromatic N) is 7. The number of aromatic nitrogens is 4. The van der Waals surface area contributed by atoms with Crippen molar-refractivity contribution in [2.45, 2.75) is 38.5 Å². The van der Waals surface area contributed by atoms with Gasteiger partial charge in [-0.15, -0.1) is 5.10 Å². The Kier molecular flexibility index (Phi) is 5.80. The van der Waals surface area contributed by atoms with E-state index in [-0.39, 0.29) is 22.8 Å². The van der Waals surface area contributed by atoms with Crippen molar-refractivity contribution >= 4 is 29.0 Å². The van der Waals surface area contributed by atoms with E-state index in [1.807, 2.05) is 24.1 Å². The van der Waals surface area contributed by atoms with Gasteiger partial charge in [0.15, 0.2) is 11.3 Å². The molecule has 8 rings (SSSR count). The summed E-state index contributed by atoms with van der Waals surface area (Å²) in [5, 5.41) is 14.0. The van der Waals surface area contributed by atoms with E-state index in [1.54, 1.807) is 10.6 Å². The van der Waals surface area contributed by atoms with Crippen LogP contribution in [0.5, 0.6) is 0 Å². The van der Waals surface area contributed by atoms with Crippen LogP contribution in [-0.2, 0) is 0 Å². The zero-order valence-electron chi connectivity index (χ0n) is 24.3. The van der Waals surface area contributed by atoms with Crippen molar-refractivity contribution < 1.29 is 14.7 Å². The van der Waals surface area contributed by atoms with Crippen LogP contribution in [0.2, 0.25) is 0 Å². The quantitative estimate of drug-likeness (QED) is 0.375. The minimum atomic E-state index is -1.03. The molecular weight excluding hydrogens is 542 g/mol. The molecule has 0 radical (unpaired) electrons. The van der Waals surface area contributed by atoms with E-state index in [0.717, 1.165) is 55.9 Å². The third-order valence-corrected chi connectivity index (χ3v) is 10.5. The number of carboxylic acids is 1. The summed E-state index contributed by atoms with van der Waals surface area (Å²) in [5.74, 6) is 0.392. The van der Waals surface area contributed by atoms with Gasteiger partial charge < -0.3 is 19.8 Å². The van der Waals surface area contributed by atoms with E-state index in [9.17, 15) is 14.7 Å². The Bertz CT molecular complexity index is 1750. The Balaban J connectivity index is 0.952. The number of carbonyl (C=O) groups is 2. The van der Waals surface area contributed by atoms with Gasteiger partial charge in [0.1, 0.15) is 5.82 Å². The SMILES string of the molecule is Cc1cc(N2CC3(CC[C@H]3c3ccccc3)C2)cn2nc(C(=O)N3CC[C@@]4(CCN(c5cccc(C(=O)O)n5)C4)C3)nc12. The Morgan fingerprint density at radius 3 is 2.49 bits per heavy atom. The number of hydrogen-bond acceptors (Lipinski definition) is 7. The van der Waals surface area contributed by atoms with Gasteiger partial charge >= 0.3 is 5.97 Å². The number of fused-ring (bicyclic) bond motifs is 1. The van der Waals surface area contributed by atoms with Crippen LogP contribution in [0.15, 0.2) is 60.8 Å². The summed E-state index contributed by atoms with van der Waals surface area (Å²) in [4.78, 5) is 40.5. The number of rotatable bonds is 5. The monoisotopic (exact) mass is 577 g/mol. The van der Waals surface area contributed by atoms with Gasteiger partial charge in [-0.1, -0.05) is 36.4 Å². The van der Waals surface area contributed by atoms with Crippen LogP contribution in [0.3, 0.4) is 0 Å². The third kappa shape index (κ3) is 4.25. The molecule has 2 atom stereocenters. The molecule has 6 heterocycles. The lowest BCUT2D eigenvalue weighted by molar-refractivity contribution is 0.0520. The molecular formula is C33H35N7O3. The van der Waals surface area contributed by atoms with Gasteiger partial charge in [-0.3, -0.25) is 4.79 Å². The van der Waals surface area contributed by atoms with Crippen molar-refractivity contribution in [1.82, 2.24) is 24.5 Å². The standard InChI is InChI=1S/C33H35N7O3/c1-22-16-24(39-20-33(21-39)11-10-25(33)23-6-3-2-4-7-23)17-40-29(22)35-28(36-40)30(41)38-15-13-32(19-38)12-14-37(18-32)27-9-5-8-26(34-27)31(42)43/h2-9,16-17,25H,10-15,18-21H2,1H3,(H,42,43)/t25-,32+/m0/s1. The van der Waals surface area contributed by atoms with Gasteiger partial charge in [-0.25, -0.2) is 19.3 Å². The molecule has 0 unspecified atom stereocenters. The molecule has 3 saturated heterocycles. The average Bonchev–Trinajstić information content (AvgIpc) is 3.71. The lowest BCUT2D eigenvalue weighted by Gasteiger charge is -2.61. The molecule has 1 amide bonds. The highest BCUT2D eigenvalue weighted by molar-refractivity contribution is 5.91. The maximum Gasteiger partial charge on any atom is 0.354 e. The predicted molar refractivity (Wildman–Crippen MR) is 162 cm³/mol. The molecule has 4 aliphatic rings. The number of pyridine rings is 2. The summed E-state index contributed by atoms with van der Waals surface area (Å²) in [6.45, 7) is 6.96. The van der Waals surface area contributed by atoms with Crippen LogP contribution in [0.4, 0.5) is 11.5 Å². The maximum absolute atomic E-state index is 13.6. The zero-order valence-corrected chi connectivity index (χ0v) is 24.3. The predicted octanol–water partition coefficient (Wildman–Crippen LogP) is 4.26. The number of carboxylic acid groups (broad SMARTS) is 1. The molecule has 0 bridgehead atoms. The van der Waals surface area contributed by atoms with Crippen molar-refractivity contribution in [3.8, 4) is 0 Å². The van der Waals surface area contributed by atoms with Crippen LogP contribution in [-0.4, -0.2) is 80.7 Å². The second-order valence-corrected chi connectivity index (χ2v) is 13.1. The fraction of sp³-hybridized carbons (Fsp3) is 0.424. The minimum absolute atomic E-state index is 0.0363. The fourth-order valence-corrected chi connectivity index (χ4v) is 8.00. The lowest BCUT2D eigenvalue weighted by atomic mass is 9.53. The van der Waals surface area contributed by atoms with E-state index in [0.29, 0.717) is 30.2 Å². The first-order valence-electron chi connectivity index (χ1n) is 15.2. The summed E-state index contributed by atoms with van der Waals surface area (Å²) >= 11 is 0. The van der Waals surface area contributed by atoms with Gasteiger partial charge in [0.05, 0.1) is 11.9 Å². The molecule has 10 heteroatoms. The van der Waals surface area contributed by atoms with Gasteiger partial charge in [0.2, 0.25) is 5.82 Å². The summed E-state index contributed by atoms with van der Waals surface area (Å²) < 4.78 is 1.78. The summed E-state index contributed by atoms with van der Waals surface area (Å²) in [5.41, 5.74) is 4.70. The van der Waals surface area contributed by atoms with E-state index in [4.69, 9.17) is 0 Å². The lowest BCUT2D eigenvalue weighted by Crippen LogP contribution is -2.63. The second-order valence-electron chi connectivity index (χ2n) is 13.1. The van der Waals surface area contributed by atoms with Crippen LogP contribution in [0, 0.1) is 17.8 Å². The Hall–Kier alpha value is -4.47. The van der Waals surface area contributed by atoms with E-state index < -0.39 is 5.97 Å². The number of amides is 1. The molecule has 1 saturated carbocycles. The molecule has 1 N–H and O–H groups in total. The normalized spacial score (nSPS) is 24.1. The van der Waals surface area contributed by atoms with Crippen molar-refractivity contribution in [3.05, 3.63) is 83.4 Å². The van der Waals surface area contributed by atoms with E-state index in [2.05, 4.69) is 61.3 Å². The second kappa shape index (κ2) is 9.52. The molecule has 1 aromatic carbocycles. The number of aromatic carboxylic acids is 1. The average molecular weight is 578 g/mol. The molecule has 220 valence electrons. The number of benzene rings is 1. The van der Waals surface area contributed by atoms with Crippen LogP contribution in [0.1, 0.15) is 63.8 Å². The van der Waals surface area contributed by atoms with Crippen molar-refractivity contribution in [1.29, 1.82) is 0 Å². The number of anilines is 2. The molecule has 2 spiro atoms. The first-order chi connectivity index (χ1) is 20.8. The number of likely N-dealkylation sites (tertiary alicyclic amines) is 1. The summed E-state index contributed by atoms with van der Waals surface area (Å²) in [7, 11) is 0. The smallest absolute Gasteiger partial charge is 0.354 e. The number of carbonyl (C=O) groups excluding carboxylic acids is 1. The van der Waals surface area contributed by atoms with Gasteiger partial charge in [0, 0.05) is 50.1 Å². The first-order valence-corrected chi connectivity index (χ1v) is 15.2.